The topological polar surface area (TPSA) is 46.2 Å². The van der Waals surface area contributed by atoms with Crippen molar-refractivity contribution in [3.8, 4) is 11.1 Å². The highest BCUT2D eigenvalue weighted by molar-refractivity contribution is 7.89. The summed E-state index contributed by atoms with van der Waals surface area (Å²) < 4.78 is 29.2. The lowest BCUT2D eigenvalue weighted by molar-refractivity contribution is 0.532. The van der Waals surface area contributed by atoms with Crippen LogP contribution < -0.4 is 4.72 Å². The molecule has 0 aromatic heterocycles. The van der Waals surface area contributed by atoms with Crippen molar-refractivity contribution in [3.63, 3.8) is 0 Å². The lowest BCUT2D eigenvalue weighted by atomic mass is 9.97. The number of nitrogens with one attached hydrogen (secondary N) is 1. The van der Waals surface area contributed by atoms with E-state index in [0.29, 0.717) is 10.8 Å². The molecule has 0 saturated heterocycles. The molecule has 1 unspecified atom stereocenters. The summed E-state index contributed by atoms with van der Waals surface area (Å²) in [6, 6.07) is 23.7. The van der Waals surface area contributed by atoms with Crippen LogP contribution in [0.4, 0.5) is 0 Å². The van der Waals surface area contributed by atoms with Crippen molar-refractivity contribution in [2.45, 2.75) is 56.4 Å². The molecule has 0 radical (unpaired) electrons. The van der Waals surface area contributed by atoms with Gasteiger partial charge in [-0.05, 0) is 65.1 Å². The number of aryl methyl sites for hydroxylation is 1. The van der Waals surface area contributed by atoms with Gasteiger partial charge >= 0.3 is 0 Å². The summed E-state index contributed by atoms with van der Waals surface area (Å²) in [6.07, 6.45) is 3.96. The van der Waals surface area contributed by atoms with Crippen LogP contribution in [0.5, 0.6) is 0 Å². The van der Waals surface area contributed by atoms with E-state index in [4.69, 9.17) is 0 Å². The van der Waals surface area contributed by atoms with E-state index in [1.54, 1.807) is 12.1 Å². The maximum atomic E-state index is 13.1. The van der Waals surface area contributed by atoms with E-state index < -0.39 is 10.0 Å². The number of benzene rings is 3. The van der Waals surface area contributed by atoms with Crippen LogP contribution in [0.3, 0.4) is 0 Å². The van der Waals surface area contributed by atoms with Crippen molar-refractivity contribution >= 4 is 10.0 Å². The fourth-order valence-corrected chi connectivity index (χ4v) is 5.45. The Labute approximate surface area is 180 Å². The van der Waals surface area contributed by atoms with E-state index in [0.717, 1.165) is 42.4 Å². The minimum Gasteiger partial charge on any atom is -0.207 e. The molecule has 4 heteroatoms. The zero-order chi connectivity index (χ0) is 21.1. The smallest absolute Gasteiger partial charge is 0.207 e. The predicted molar refractivity (Wildman–Crippen MR) is 123 cm³/mol. The second-order valence-electron chi connectivity index (χ2n) is 8.42. The van der Waals surface area contributed by atoms with Gasteiger partial charge in [-0.15, -0.1) is 0 Å². The second kappa shape index (κ2) is 8.75. The third kappa shape index (κ3) is 4.50. The number of rotatable bonds is 5. The molecule has 3 aromatic carbocycles. The average molecular weight is 420 g/mol. The Bertz CT molecular complexity index is 1120. The minimum absolute atomic E-state index is 0.170. The average Bonchev–Trinajstić information content (AvgIpc) is 2.96. The van der Waals surface area contributed by atoms with Gasteiger partial charge in [0.2, 0.25) is 10.0 Å². The lowest BCUT2D eigenvalue weighted by Crippen LogP contribution is -2.28. The van der Waals surface area contributed by atoms with E-state index in [-0.39, 0.29) is 6.04 Å². The molecule has 0 bridgehead atoms. The molecule has 0 aliphatic heterocycles. The molecule has 0 saturated carbocycles. The fraction of sp³-hybridized carbons (Fsp3) is 0.308. The maximum absolute atomic E-state index is 13.1. The summed E-state index contributed by atoms with van der Waals surface area (Å²) in [7, 11) is -3.59. The van der Waals surface area contributed by atoms with Gasteiger partial charge in [-0.25, -0.2) is 13.1 Å². The zero-order valence-electron chi connectivity index (χ0n) is 17.6. The summed E-state index contributed by atoms with van der Waals surface area (Å²) in [5, 5.41) is 0. The fourth-order valence-electron chi connectivity index (χ4n) is 4.20. The van der Waals surface area contributed by atoms with Crippen molar-refractivity contribution in [3.05, 3.63) is 89.5 Å². The van der Waals surface area contributed by atoms with E-state index in [2.05, 4.69) is 55.0 Å². The molecule has 0 spiro atoms. The third-order valence-corrected chi connectivity index (χ3v) is 7.46. The van der Waals surface area contributed by atoms with E-state index in [1.807, 2.05) is 24.3 Å². The van der Waals surface area contributed by atoms with Crippen LogP contribution >= 0.6 is 0 Å². The van der Waals surface area contributed by atoms with Gasteiger partial charge in [0.05, 0.1) is 4.90 Å². The highest BCUT2D eigenvalue weighted by Crippen LogP contribution is 2.30. The van der Waals surface area contributed by atoms with Gasteiger partial charge in [-0.1, -0.05) is 80.9 Å². The van der Waals surface area contributed by atoms with Gasteiger partial charge in [-0.2, -0.15) is 0 Å². The van der Waals surface area contributed by atoms with Crippen molar-refractivity contribution < 1.29 is 8.42 Å². The van der Waals surface area contributed by atoms with Gasteiger partial charge in [0.15, 0.2) is 0 Å². The standard InChI is InChI=1S/C26H29NO2S/c1-19(2)22-10-7-11-23(18-22)20-14-16-24(17-15-20)30(28,29)27-26-13-6-4-9-21-8-3-5-12-25(21)26/h3,5,7-8,10-12,14-19,26-27H,4,6,9,13H2,1-2H3. The third-order valence-electron chi connectivity index (χ3n) is 5.97. The van der Waals surface area contributed by atoms with E-state index in [9.17, 15) is 8.42 Å². The Hall–Kier alpha value is -2.43. The van der Waals surface area contributed by atoms with E-state index in [1.165, 1.54) is 11.1 Å². The Balaban J connectivity index is 1.58. The normalized spacial score (nSPS) is 16.8. The number of hydrogen-bond acceptors (Lipinski definition) is 2. The second-order valence-corrected chi connectivity index (χ2v) is 10.1. The van der Waals surface area contributed by atoms with Crippen LogP contribution in [0.15, 0.2) is 77.7 Å². The van der Waals surface area contributed by atoms with Crippen LogP contribution in [0, 0.1) is 0 Å². The van der Waals surface area contributed by atoms with Crippen LogP contribution in [-0.4, -0.2) is 8.42 Å². The summed E-state index contributed by atoms with van der Waals surface area (Å²) >= 11 is 0. The van der Waals surface area contributed by atoms with Gasteiger partial charge in [0.1, 0.15) is 0 Å². The largest absolute Gasteiger partial charge is 0.241 e. The SMILES string of the molecule is CC(C)c1cccc(-c2ccc(S(=O)(=O)NC3CCCCc4ccccc43)cc2)c1. The molecule has 0 heterocycles. The van der Waals surface area contributed by atoms with Crippen LogP contribution in [0.1, 0.15) is 61.8 Å². The van der Waals surface area contributed by atoms with Crippen molar-refractivity contribution in [1.29, 1.82) is 0 Å². The Morgan fingerprint density at radius 1 is 0.867 bits per heavy atom. The highest BCUT2D eigenvalue weighted by atomic mass is 32.2. The van der Waals surface area contributed by atoms with E-state index >= 15 is 0 Å². The van der Waals surface area contributed by atoms with Crippen LogP contribution in [-0.2, 0) is 16.4 Å². The molecule has 0 fully saturated rings. The number of sulfonamides is 1. The monoisotopic (exact) mass is 419 g/mol. The molecular formula is C26H29NO2S. The molecule has 156 valence electrons. The summed E-state index contributed by atoms with van der Waals surface area (Å²) in [4.78, 5) is 0.313. The molecule has 1 aliphatic rings. The molecule has 3 aromatic rings. The molecular weight excluding hydrogens is 390 g/mol. The number of fused-ring (bicyclic) bond motifs is 1. The molecule has 30 heavy (non-hydrogen) atoms. The first-order valence-electron chi connectivity index (χ1n) is 10.7. The Morgan fingerprint density at radius 2 is 1.63 bits per heavy atom. The van der Waals surface area contributed by atoms with Gasteiger partial charge in [0.25, 0.3) is 0 Å². The lowest BCUT2D eigenvalue weighted by Gasteiger charge is -2.19. The van der Waals surface area contributed by atoms with Gasteiger partial charge in [-0.3, -0.25) is 0 Å². The zero-order valence-corrected chi connectivity index (χ0v) is 18.5. The summed E-state index contributed by atoms with van der Waals surface area (Å²) in [6.45, 7) is 4.35. The minimum atomic E-state index is -3.59. The Morgan fingerprint density at radius 3 is 2.40 bits per heavy atom. The first-order chi connectivity index (χ1) is 14.4. The van der Waals surface area contributed by atoms with Crippen molar-refractivity contribution in [1.82, 2.24) is 4.72 Å². The molecule has 0 amide bonds. The van der Waals surface area contributed by atoms with Crippen molar-refractivity contribution in [2.24, 2.45) is 0 Å². The molecule has 3 nitrogen and oxygen atoms in total. The quantitative estimate of drug-likeness (QED) is 0.499. The molecule has 1 aliphatic carbocycles. The summed E-state index contributed by atoms with van der Waals surface area (Å²) in [5.41, 5.74) is 5.77. The van der Waals surface area contributed by atoms with Crippen LogP contribution in [0.25, 0.3) is 11.1 Å². The molecule has 1 N–H and O–H groups in total. The predicted octanol–water partition coefficient (Wildman–Crippen LogP) is 6.22. The van der Waals surface area contributed by atoms with Gasteiger partial charge in [0, 0.05) is 6.04 Å². The maximum Gasteiger partial charge on any atom is 0.241 e. The Kier molecular flexibility index (Phi) is 6.07. The van der Waals surface area contributed by atoms with Crippen molar-refractivity contribution in [2.75, 3.05) is 0 Å². The molecule has 1 atom stereocenters. The molecule has 4 rings (SSSR count). The first kappa shape index (κ1) is 20.8. The first-order valence-corrected chi connectivity index (χ1v) is 12.2. The van der Waals surface area contributed by atoms with Crippen LogP contribution in [0.2, 0.25) is 0 Å². The number of hydrogen-bond donors (Lipinski definition) is 1. The summed E-state index contributed by atoms with van der Waals surface area (Å²) in [5.74, 6) is 0.455. The highest BCUT2D eigenvalue weighted by Gasteiger charge is 2.24. The van der Waals surface area contributed by atoms with Gasteiger partial charge < -0.3 is 0 Å².